The van der Waals surface area contributed by atoms with Gasteiger partial charge in [0.2, 0.25) is 0 Å². The highest BCUT2D eigenvalue weighted by Gasteiger charge is 2.03. The lowest BCUT2D eigenvalue weighted by Gasteiger charge is -1.80. The molecule has 0 spiro atoms. The molecule has 0 unspecified atom stereocenters. The highest BCUT2D eigenvalue weighted by atomic mass is 15.4. The first-order valence-electron chi connectivity index (χ1n) is 3.09. The average molecular weight is 150 g/mol. The molecule has 0 saturated carbocycles. The van der Waals surface area contributed by atoms with E-state index in [0.717, 1.165) is 5.69 Å². The van der Waals surface area contributed by atoms with E-state index in [9.17, 15) is 0 Å². The van der Waals surface area contributed by atoms with E-state index in [4.69, 9.17) is 0 Å². The lowest BCUT2D eigenvalue weighted by atomic mass is 10.4. The molecule has 2 aromatic heterocycles. The van der Waals surface area contributed by atoms with Crippen molar-refractivity contribution in [3.63, 3.8) is 0 Å². The third kappa shape index (κ3) is 0.977. The maximum absolute atomic E-state index is 3.85. The molecule has 0 atom stereocenters. The molecule has 0 aliphatic heterocycles. The Balaban J connectivity index is 2.45. The van der Waals surface area contributed by atoms with Crippen LogP contribution in [0.5, 0.6) is 0 Å². The summed E-state index contributed by atoms with van der Waals surface area (Å²) >= 11 is 0. The van der Waals surface area contributed by atoms with Gasteiger partial charge in [0.1, 0.15) is 11.4 Å². The van der Waals surface area contributed by atoms with Crippen molar-refractivity contribution in [2.45, 2.75) is 0 Å². The van der Waals surface area contributed by atoms with Gasteiger partial charge >= 0.3 is 0 Å². The fourth-order valence-electron chi connectivity index (χ4n) is 0.790. The number of hydrogen-bond acceptors (Lipinski definition) is 4. The van der Waals surface area contributed by atoms with Crippen LogP contribution in [-0.4, -0.2) is 30.4 Å². The van der Waals surface area contributed by atoms with Crippen LogP contribution in [0.3, 0.4) is 0 Å². The lowest BCUT2D eigenvalue weighted by molar-refractivity contribution is 0.715. The Hall–Kier alpha value is -1.72. The topological polar surface area (TPSA) is 72.3 Å². The molecule has 0 amide bonds. The molecule has 0 bridgehead atoms. The van der Waals surface area contributed by atoms with E-state index in [0.29, 0.717) is 5.69 Å². The molecule has 0 aliphatic rings. The van der Waals surface area contributed by atoms with Crippen LogP contribution >= 0.6 is 0 Å². The molecule has 11 heavy (non-hydrogen) atoms. The van der Waals surface area contributed by atoms with E-state index in [2.05, 4.69) is 25.7 Å². The van der Waals surface area contributed by atoms with Crippen molar-refractivity contribution in [3.8, 4) is 11.4 Å². The van der Waals surface area contributed by atoms with Crippen molar-refractivity contribution in [2.75, 3.05) is 0 Å². The van der Waals surface area contributed by atoms with Crippen molar-refractivity contribution in [1.29, 1.82) is 0 Å². The zero-order chi connectivity index (χ0) is 7.68. The van der Waals surface area contributed by atoms with Gasteiger partial charge in [-0.3, -0.25) is 4.68 Å². The van der Waals surface area contributed by atoms with Gasteiger partial charge in [-0.15, -0.1) is 5.10 Å². The van der Waals surface area contributed by atoms with Crippen LogP contribution < -0.4 is 0 Å². The number of H-pyrrole nitrogens is 1. The minimum Gasteiger partial charge on any atom is -0.255 e. The maximum Gasteiger partial charge on any atom is 0.134 e. The maximum atomic E-state index is 3.85. The van der Waals surface area contributed by atoms with E-state index in [1.807, 2.05) is 0 Å². The molecule has 2 rings (SSSR count). The van der Waals surface area contributed by atoms with Gasteiger partial charge in [-0.25, -0.2) is 0 Å². The SMILES string of the molecule is Cn1cc(-c2cn[nH]n2)nn1. The second-order valence-corrected chi connectivity index (χ2v) is 2.13. The van der Waals surface area contributed by atoms with Crippen LogP contribution in [0.2, 0.25) is 0 Å². The van der Waals surface area contributed by atoms with Crippen LogP contribution in [0, 0.1) is 0 Å². The molecule has 2 heterocycles. The van der Waals surface area contributed by atoms with Crippen molar-refractivity contribution < 1.29 is 0 Å². The van der Waals surface area contributed by atoms with Gasteiger partial charge in [0.15, 0.2) is 0 Å². The van der Waals surface area contributed by atoms with E-state index < -0.39 is 0 Å². The van der Waals surface area contributed by atoms with Gasteiger partial charge in [-0.2, -0.15) is 15.4 Å². The summed E-state index contributed by atoms with van der Waals surface area (Å²) in [6.07, 6.45) is 3.38. The quantitative estimate of drug-likeness (QED) is 0.600. The molecule has 0 saturated heterocycles. The first-order valence-corrected chi connectivity index (χ1v) is 3.09. The number of aryl methyl sites for hydroxylation is 1. The van der Waals surface area contributed by atoms with Crippen LogP contribution in [0.25, 0.3) is 11.4 Å². The van der Waals surface area contributed by atoms with Crippen molar-refractivity contribution in [3.05, 3.63) is 12.4 Å². The minimum absolute atomic E-state index is 0.707. The van der Waals surface area contributed by atoms with Gasteiger partial charge < -0.3 is 0 Å². The molecule has 2 aromatic rings. The number of nitrogens with one attached hydrogen (secondary N) is 1. The standard InChI is InChI=1S/C5H6N6/c1-11-3-5(8-10-11)4-2-6-9-7-4/h2-3H,1H3,(H,6,7,9). The Kier molecular flexibility index (Phi) is 1.18. The van der Waals surface area contributed by atoms with E-state index in [1.54, 1.807) is 24.1 Å². The number of aromatic amines is 1. The van der Waals surface area contributed by atoms with E-state index >= 15 is 0 Å². The van der Waals surface area contributed by atoms with Crippen LogP contribution in [0.15, 0.2) is 12.4 Å². The third-order valence-corrected chi connectivity index (χ3v) is 1.28. The molecule has 0 aliphatic carbocycles. The largest absolute Gasteiger partial charge is 0.255 e. The Labute approximate surface area is 62.2 Å². The summed E-state index contributed by atoms with van der Waals surface area (Å²) < 4.78 is 1.62. The van der Waals surface area contributed by atoms with Gasteiger partial charge in [0.25, 0.3) is 0 Å². The van der Waals surface area contributed by atoms with Crippen molar-refractivity contribution in [2.24, 2.45) is 7.05 Å². The molecule has 0 fully saturated rings. The highest BCUT2D eigenvalue weighted by molar-refractivity contribution is 5.49. The zero-order valence-electron chi connectivity index (χ0n) is 5.89. The number of nitrogens with zero attached hydrogens (tertiary/aromatic N) is 5. The van der Waals surface area contributed by atoms with Crippen molar-refractivity contribution >= 4 is 0 Å². The summed E-state index contributed by atoms with van der Waals surface area (Å²) in [6, 6.07) is 0. The monoisotopic (exact) mass is 150 g/mol. The minimum atomic E-state index is 0.707. The summed E-state index contributed by atoms with van der Waals surface area (Å²) in [5, 5.41) is 17.6. The molecule has 0 radical (unpaired) electrons. The fourth-order valence-corrected chi connectivity index (χ4v) is 0.790. The Bertz CT molecular complexity index is 333. The number of hydrogen-bond donors (Lipinski definition) is 1. The second-order valence-electron chi connectivity index (χ2n) is 2.13. The van der Waals surface area contributed by atoms with Crippen LogP contribution in [-0.2, 0) is 7.05 Å². The Morgan fingerprint density at radius 2 is 2.36 bits per heavy atom. The lowest BCUT2D eigenvalue weighted by Crippen LogP contribution is -1.85. The summed E-state index contributed by atoms with van der Waals surface area (Å²) in [5.41, 5.74) is 1.43. The Morgan fingerprint density at radius 3 is 2.91 bits per heavy atom. The molecular formula is C5H6N6. The van der Waals surface area contributed by atoms with Gasteiger partial charge in [0, 0.05) is 7.05 Å². The van der Waals surface area contributed by atoms with Gasteiger partial charge in [-0.05, 0) is 0 Å². The predicted octanol–water partition coefficient (Wildman–Crippen LogP) is -0.400. The summed E-state index contributed by atoms with van der Waals surface area (Å²) in [6.45, 7) is 0. The molecule has 6 heteroatoms. The normalized spacial score (nSPS) is 10.3. The fraction of sp³-hybridized carbons (Fsp3) is 0.200. The highest BCUT2D eigenvalue weighted by Crippen LogP contribution is 2.08. The van der Waals surface area contributed by atoms with Gasteiger partial charge in [0.05, 0.1) is 12.4 Å². The summed E-state index contributed by atoms with van der Waals surface area (Å²) in [5.74, 6) is 0. The smallest absolute Gasteiger partial charge is 0.134 e. The van der Waals surface area contributed by atoms with Crippen molar-refractivity contribution in [1.82, 2.24) is 30.4 Å². The first-order chi connectivity index (χ1) is 5.36. The second kappa shape index (κ2) is 2.15. The predicted molar refractivity (Wildman–Crippen MR) is 36.4 cm³/mol. The summed E-state index contributed by atoms with van der Waals surface area (Å²) in [7, 11) is 1.80. The van der Waals surface area contributed by atoms with Gasteiger partial charge in [-0.1, -0.05) is 5.21 Å². The third-order valence-electron chi connectivity index (χ3n) is 1.28. The van der Waals surface area contributed by atoms with E-state index in [1.165, 1.54) is 0 Å². The Morgan fingerprint density at radius 1 is 1.45 bits per heavy atom. The molecular weight excluding hydrogens is 144 g/mol. The van der Waals surface area contributed by atoms with E-state index in [-0.39, 0.29) is 0 Å². The van der Waals surface area contributed by atoms with Crippen LogP contribution in [0.1, 0.15) is 0 Å². The average Bonchev–Trinajstić information content (AvgIpc) is 2.55. The molecule has 1 N–H and O–H groups in total. The molecule has 56 valence electrons. The summed E-state index contributed by atoms with van der Waals surface area (Å²) in [4.78, 5) is 0. The number of aromatic nitrogens is 6. The first kappa shape index (κ1) is 6.02. The van der Waals surface area contributed by atoms with Crippen LogP contribution in [0.4, 0.5) is 0 Å². The number of rotatable bonds is 1. The molecule has 6 nitrogen and oxygen atoms in total. The molecule has 0 aromatic carbocycles. The zero-order valence-corrected chi connectivity index (χ0v) is 5.89.